The molecule has 6 nitrogen and oxygen atoms in total. The van der Waals surface area contributed by atoms with Crippen molar-refractivity contribution in [3.63, 3.8) is 0 Å². The Kier molecular flexibility index (Phi) is 3.88. The number of carbonyl (C=O) groups is 2. The highest BCUT2D eigenvalue weighted by Gasteiger charge is 2.49. The van der Waals surface area contributed by atoms with Gasteiger partial charge in [-0.25, -0.2) is 0 Å². The van der Waals surface area contributed by atoms with Crippen LogP contribution in [0.25, 0.3) is 0 Å². The Hall–Kier alpha value is -1.14. The van der Waals surface area contributed by atoms with Crippen LogP contribution in [0.5, 0.6) is 0 Å². The van der Waals surface area contributed by atoms with E-state index in [1.165, 1.54) is 13.8 Å². The molecule has 1 aliphatic rings. The number of rotatable bonds is 3. The lowest BCUT2D eigenvalue weighted by Gasteiger charge is -2.27. The molecule has 16 heavy (non-hydrogen) atoms. The van der Waals surface area contributed by atoms with Gasteiger partial charge in [0.15, 0.2) is 6.10 Å². The Morgan fingerprint density at radius 2 is 2.06 bits per heavy atom. The number of esters is 2. The number of aliphatic hydroxyl groups is 1. The molecule has 6 heteroatoms. The van der Waals surface area contributed by atoms with Crippen LogP contribution in [0.3, 0.4) is 0 Å². The summed E-state index contributed by atoms with van der Waals surface area (Å²) in [5.74, 6) is -2.78. The van der Waals surface area contributed by atoms with Gasteiger partial charge in [0.05, 0.1) is 6.10 Å². The number of hydrogen-bond donors (Lipinski definition) is 1. The third-order valence-electron chi connectivity index (χ3n) is 2.24. The summed E-state index contributed by atoms with van der Waals surface area (Å²) in [6.07, 6.45) is -0.693. The van der Waals surface area contributed by atoms with E-state index in [4.69, 9.17) is 9.47 Å². The Morgan fingerprint density at radius 1 is 1.44 bits per heavy atom. The summed E-state index contributed by atoms with van der Waals surface area (Å²) in [5.41, 5.74) is 0. The highest BCUT2D eigenvalue weighted by molar-refractivity contribution is 5.66. The normalized spacial score (nSPS) is 33.5. The van der Waals surface area contributed by atoms with Crippen LogP contribution in [-0.2, 0) is 23.8 Å². The van der Waals surface area contributed by atoms with Gasteiger partial charge in [-0.1, -0.05) is 0 Å². The van der Waals surface area contributed by atoms with Crippen LogP contribution in [0.1, 0.15) is 27.2 Å². The van der Waals surface area contributed by atoms with Gasteiger partial charge in [-0.3, -0.25) is 9.59 Å². The second-order valence-electron chi connectivity index (χ2n) is 3.89. The van der Waals surface area contributed by atoms with E-state index in [0.717, 1.165) is 0 Å². The Balaban J connectivity index is 2.65. The van der Waals surface area contributed by atoms with Crippen molar-refractivity contribution < 1.29 is 28.9 Å². The van der Waals surface area contributed by atoms with E-state index in [2.05, 4.69) is 4.74 Å². The molecular weight excluding hydrogens is 216 g/mol. The van der Waals surface area contributed by atoms with Gasteiger partial charge < -0.3 is 19.3 Å². The fraction of sp³-hybridized carbons (Fsp3) is 0.800. The molecule has 92 valence electrons. The lowest BCUT2D eigenvalue weighted by Crippen LogP contribution is -2.46. The zero-order chi connectivity index (χ0) is 12.3. The molecule has 0 aliphatic carbocycles. The highest BCUT2D eigenvalue weighted by atomic mass is 16.7. The smallest absolute Gasteiger partial charge is 0.303 e. The van der Waals surface area contributed by atoms with E-state index < -0.39 is 23.8 Å². The molecule has 3 atom stereocenters. The largest absolute Gasteiger partial charge is 0.460 e. The van der Waals surface area contributed by atoms with Crippen molar-refractivity contribution in [2.45, 2.75) is 45.2 Å². The lowest BCUT2D eigenvalue weighted by molar-refractivity contribution is -0.252. The minimum Gasteiger partial charge on any atom is -0.460 e. The monoisotopic (exact) mass is 232 g/mol. The molecule has 1 N–H and O–H groups in total. The molecule has 0 spiro atoms. The molecule has 1 fully saturated rings. The van der Waals surface area contributed by atoms with Crippen LogP contribution >= 0.6 is 0 Å². The first-order valence-electron chi connectivity index (χ1n) is 5.04. The van der Waals surface area contributed by atoms with Crippen molar-refractivity contribution in [3.8, 4) is 0 Å². The van der Waals surface area contributed by atoms with Crippen LogP contribution in [0.4, 0.5) is 0 Å². The fourth-order valence-electron chi connectivity index (χ4n) is 1.63. The lowest BCUT2D eigenvalue weighted by atomic mass is 10.1. The Morgan fingerprint density at radius 3 is 2.56 bits per heavy atom. The third kappa shape index (κ3) is 3.18. The van der Waals surface area contributed by atoms with Gasteiger partial charge in [-0.05, 0) is 6.92 Å². The predicted molar refractivity (Wildman–Crippen MR) is 52.3 cm³/mol. The summed E-state index contributed by atoms with van der Waals surface area (Å²) in [7, 11) is 0. The van der Waals surface area contributed by atoms with Gasteiger partial charge in [0.25, 0.3) is 0 Å². The molecule has 1 unspecified atom stereocenters. The fourth-order valence-corrected chi connectivity index (χ4v) is 1.63. The molecule has 0 saturated carbocycles. The van der Waals surface area contributed by atoms with Crippen LogP contribution in [0, 0.1) is 0 Å². The summed E-state index contributed by atoms with van der Waals surface area (Å²) in [4.78, 5) is 21.5. The van der Waals surface area contributed by atoms with Crippen molar-refractivity contribution in [1.29, 1.82) is 0 Å². The number of ether oxygens (including phenoxy) is 3. The second-order valence-corrected chi connectivity index (χ2v) is 3.89. The summed E-state index contributed by atoms with van der Waals surface area (Å²) >= 11 is 0. The number of hydrogen-bond acceptors (Lipinski definition) is 6. The van der Waals surface area contributed by atoms with Gasteiger partial charge in [0.2, 0.25) is 5.79 Å². The summed E-state index contributed by atoms with van der Waals surface area (Å²) < 4.78 is 14.8. The highest BCUT2D eigenvalue weighted by Crippen LogP contribution is 2.31. The van der Waals surface area contributed by atoms with E-state index >= 15 is 0 Å². The average molecular weight is 232 g/mol. The molecule has 0 aromatic heterocycles. The van der Waals surface area contributed by atoms with E-state index in [0.29, 0.717) is 6.42 Å². The van der Waals surface area contributed by atoms with Gasteiger partial charge in [-0.2, -0.15) is 0 Å². The maximum Gasteiger partial charge on any atom is 0.303 e. The molecule has 1 saturated heterocycles. The maximum atomic E-state index is 10.8. The van der Waals surface area contributed by atoms with Gasteiger partial charge in [0, 0.05) is 20.3 Å². The summed E-state index contributed by atoms with van der Waals surface area (Å²) in [6, 6.07) is 0. The van der Waals surface area contributed by atoms with E-state index in [-0.39, 0.29) is 12.7 Å². The third-order valence-corrected chi connectivity index (χ3v) is 2.24. The van der Waals surface area contributed by atoms with E-state index in [1.807, 2.05) is 0 Å². The first-order chi connectivity index (χ1) is 7.33. The van der Waals surface area contributed by atoms with Crippen molar-refractivity contribution >= 4 is 11.9 Å². The Labute approximate surface area is 93.5 Å². The van der Waals surface area contributed by atoms with Crippen molar-refractivity contribution in [1.82, 2.24) is 0 Å². The standard InChI is InChI=1S/C10H16O6/c1-6-4-9(15-8(3)12)10(13,16-6)5-14-7(2)11/h6,9,13H,4-5H2,1-3H3/t6-,9-,10?/m1/s1. The van der Waals surface area contributed by atoms with Crippen molar-refractivity contribution in [3.05, 3.63) is 0 Å². The molecule has 0 aromatic carbocycles. The van der Waals surface area contributed by atoms with E-state index in [1.54, 1.807) is 6.92 Å². The molecule has 0 aromatic rings. The molecule has 0 radical (unpaired) electrons. The molecule has 0 bridgehead atoms. The van der Waals surface area contributed by atoms with Gasteiger partial charge in [0.1, 0.15) is 6.61 Å². The average Bonchev–Trinajstić information content (AvgIpc) is 2.38. The van der Waals surface area contributed by atoms with Gasteiger partial charge >= 0.3 is 11.9 Å². The van der Waals surface area contributed by atoms with Crippen molar-refractivity contribution in [2.24, 2.45) is 0 Å². The molecule has 1 aliphatic heterocycles. The SMILES string of the molecule is CC(=O)OCC1(O)O[C@H](C)C[C@H]1OC(C)=O. The van der Waals surface area contributed by atoms with Crippen LogP contribution in [-0.4, -0.2) is 41.6 Å². The summed E-state index contributed by atoms with van der Waals surface area (Å²) in [5, 5.41) is 10.0. The molecular formula is C10H16O6. The number of carbonyl (C=O) groups excluding carboxylic acids is 2. The minimum atomic E-state index is -1.74. The second kappa shape index (κ2) is 4.80. The quantitative estimate of drug-likeness (QED) is 0.688. The zero-order valence-electron chi connectivity index (χ0n) is 9.56. The van der Waals surface area contributed by atoms with Crippen LogP contribution in [0.15, 0.2) is 0 Å². The molecule has 1 rings (SSSR count). The van der Waals surface area contributed by atoms with Gasteiger partial charge in [-0.15, -0.1) is 0 Å². The predicted octanol–water partition coefficient (Wildman–Crippen LogP) is -0.0214. The Bertz CT molecular complexity index is 289. The topological polar surface area (TPSA) is 82.1 Å². The van der Waals surface area contributed by atoms with Crippen molar-refractivity contribution in [2.75, 3.05) is 6.61 Å². The molecule has 1 heterocycles. The first kappa shape index (κ1) is 12.9. The molecule has 0 amide bonds. The van der Waals surface area contributed by atoms with E-state index in [9.17, 15) is 14.7 Å². The minimum absolute atomic E-state index is 0.259. The first-order valence-corrected chi connectivity index (χ1v) is 5.04. The van der Waals surface area contributed by atoms with Crippen LogP contribution < -0.4 is 0 Å². The zero-order valence-corrected chi connectivity index (χ0v) is 9.56. The summed E-state index contributed by atoms with van der Waals surface area (Å²) in [6.45, 7) is 3.87. The maximum absolute atomic E-state index is 10.8. The van der Waals surface area contributed by atoms with Crippen LogP contribution in [0.2, 0.25) is 0 Å².